The van der Waals surface area contributed by atoms with E-state index in [1.54, 1.807) is 0 Å². The smallest absolute Gasteiger partial charge is 0.0594 e. The van der Waals surface area contributed by atoms with Gasteiger partial charge in [-0.3, -0.25) is 4.90 Å². The average Bonchev–Trinajstić information content (AvgIpc) is 2.30. The van der Waals surface area contributed by atoms with E-state index in [1.165, 1.54) is 25.8 Å². The molecule has 1 heterocycles. The van der Waals surface area contributed by atoms with E-state index >= 15 is 0 Å². The quantitative estimate of drug-likeness (QED) is 0.650. The Morgan fingerprint density at radius 1 is 1.27 bits per heavy atom. The molecule has 0 aromatic rings. The lowest BCUT2D eigenvalue weighted by atomic mass is 10.2. The molecule has 1 saturated heterocycles. The predicted octanol–water partition coefficient (Wildman–Crippen LogP) is 1.49. The van der Waals surface area contributed by atoms with Crippen molar-refractivity contribution >= 4 is 0 Å². The number of morpholine rings is 1. The van der Waals surface area contributed by atoms with Crippen molar-refractivity contribution in [1.82, 2.24) is 10.2 Å². The molecule has 1 fully saturated rings. The Balaban J connectivity index is 1.99. The van der Waals surface area contributed by atoms with Crippen LogP contribution in [-0.4, -0.2) is 50.3 Å². The summed E-state index contributed by atoms with van der Waals surface area (Å²) in [6, 6.07) is 0.649. The molecule has 1 unspecified atom stereocenters. The molecule has 1 N–H and O–H groups in total. The normalized spacial score (nSPS) is 20.4. The van der Waals surface area contributed by atoms with Crippen LogP contribution < -0.4 is 5.32 Å². The van der Waals surface area contributed by atoms with Crippen LogP contribution in [0.3, 0.4) is 0 Å². The first-order valence-electron chi connectivity index (χ1n) is 6.37. The lowest BCUT2D eigenvalue weighted by Crippen LogP contribution is -2.46. The van der Waals surface area contributed by atoms with Gasteiger partial charge in [0.25, 0.3) is 0 Å². The molecule has 90 valence electrons. The fraction of sp³-hybridized carbons (Fsp3) is 1.00. The number of hydrogen-bond donors (Lipinski definition) is 1. The first-order valence-corrected chi connectivity index (χ1v) is 6.37. The maximum atomic E-state index is 5.35. The Morgan fingerprint density at radius 2 is 2.00 bits per heavy atom. The molecule has 0 radical (unpaired) electrons. The van der Waals surface area contributed by atoms with Crippen LogP contribution in [0.2, 0.25) is 0 Å². The second-order valence-corrected chi connectivity index (χ2v) is 4.41. The van der Waals surface area contributed by atoms with Crippen molar-refractivity contribution in [2.45, 2.75) is 39.2 Å². The zero-order valence-corrected chi connectivity index (χ0v) is 10.3. The van der Waals surface area contributed by atoms with Crippen LogP contribution >= 0.6 is 0 Å². The highest BCUT2D eigenvalue weighted by atomic mass is 16.5. The highest BCUT2D eigenvalue weighted by Gasteiger charge is 2.15. The van der Waals surface area contributed by atoms with Gasteiger partial charge in [0.15, 0.2) is 0 Å². The Labute approximate surface area is 94.2 Å². The highest BCUT2D eigenvalue weighted by Crippen LogP contribution is 2.02. The largest absolute Gasteiger partial charge is 0.379 e. The van der Waals surface area contributed by atoms with Gasteiger partial charge in [0, 0.05) is 25.7 Å². The third-order valence-corrected chi connectivity index (χ3v) is 3.07. The van der Waals surface area contributed by atoms with Gasteiger partial charge in [-0.05, 0) is 19.9 Å². The Hall–Kier alpha value is -0.120. The highest BCUT2D eigenvalue weighted by molar-refractivity contribution is 4.71. The summed E-state index contributed by atoms with van der Waals surface area (Å²) in [6.45, 7) is 10.8. The average molecular weight is 214 g/mol. The summed E-state index contributed by atoms with van der Waals surface area (Å²) in [5.41, 5.74) is 0. The van der Waals surface area contributed by atoms with Gasteiger partial charge in [-0.15, -0.1) is 0 Å². The van der Waals surface area contributed by atoms with Crippen molar-refractivity contribution in [3.63, 3.8) is 0 Å². The minimum absolute atomic E-state index is 0.649. The molecule has 15 heavy (non-hydrogen) atoms. The standard InChI is InChI=1S/C12H26N2O/c1-3-4-5-6-13-11-12(2)14-7-9-15-10-8-14/h12-13H,3-11H2,1-2H3. The van der Waals surface area contributed by atoms with E-state index in [4.69, 9.17) is 4.74 Å². The number of nitrogens with zero attached hydrogens (tertiary/aromatic N) is 1. The van der Waals surface area contributed by atoms with Crippen LogP contribution in [0.15, 0.2) is 0 Å². The molecule has 1 aliphatic rings. The van der Waals surface area contributed by atoms with E-state index in [9.17, 15) is 0 Å². The Bertz CT molecular complexity index is 147. The molecule has 0 spiro atoms. The number of nitrogens with one attached hydrogen (secondary N) is 1. The van der Waals surface area contributed by atoms with E-state index < -0.39 is 0 Å². The second-order valence-electron chi connectivity index (χ2n) is 4.41. The van der Waals surface area contributed by atoms with E-state index in [0.717, 1.165) is 32.8 Å². The summed E-state index contributed by atoms with van der Waals surface area (Å²) < 4.78 is 5.35. The van der Waals surface area contributed by atoms with Gasteiger partial charge < -0.3 is 10.1 Å². The minimum atomic E-state index is 0.649. The molecular weight excluding hydrogens is 188 g/mol. The van der Waals surface area contributed by atoms with Crippen LogP contribution in [0.25, 0.3) is 0 Å². The van der Waals surface area contributed by atoms with Crippen LogP contribution in [-0.2, 0) is 4.74 Å². The van der Waals surface area contributed by atoms with Gasteiger partial charge in [0.1, 0.15) is 0 Å². The molecule has 0 aromatic heterocycles. The molecule has 3 heteroatoms. The zero-order chi connectivity index (χ0) is 10.9. The van der Waals surface area contributed by atoms with Gasteiger partial charge in [-0.25, -0.2) is 0 Å². The molecule has 0 aromatic carbocycles. The van der Waals surface area contributed by atoms with E-state index in [2.05, 4.69) is 24.1 Å². The summed E-state index contributed by atoms with van der Waals surface area (Å²) >= 11 is 0. The van der Waals surface area contributed by atoms with Gasteiger partial charge in [0.05, 0.1) is 13.2 Å². The predicted molar refractivity (Wildman–Crippen MR) is 64.2 cm³/mol. The molecule has 1 rings (SSSR count). The molecule has 3 nitrogen and oxygen atoms in total. The summed E-state index contributed by atoms with van der Waals surface area (Å²) in [4.78, 5) is 2.51. The number of hydrogen-bond acceptors (Lipinski definition) is 3. The molecule has 0 aliphatic carbocycles. The molecule has 0 saturated carbocycles. The summed E-state index contributed by atoms with van der Waals surface area (Å²) in [6.07, 6.45) is 3.96. The monoisotopic (exact) mass is 214 g/mol. The van der Waals surface area contributed by atoms with Crippen LogP contribution in [0.5, 0.6) is 0 Å². The fourth-order valence-corrected chi connectivity index (χ4v) is 1.96. The van der Waals surface area contributed by atoms with Crippen LogP contribution in [0, 0.1) is 0 Å². The maximum absolute atomic E-state index is 5.35. The van der Waals surface area contributed by atoms with Gasteiger partial charge in [0.2, 0.25) is 0 Å². The van der Waals surface area contributed by atoms with Crippen LogP contribution in [0.1, 0.15) is 33.1 Å². The van der Waals surface area contributed by atoms with Crippen molar-refractivity contribution < 1.29 is 4.74 Å². The SMILES string of the molecule is CCCCCNCC(C)N1CCOCC1. The first-order chi connectivity index (χ1) is 7.34. The third kappa shape index (κ3) is 5.50. The first kappa shape index (κ1) is 12.9. The van der Waals surface area contributed by atoms with Crippen molar-refractivity contribution in [2.75, 3.05) is 39.4 Å². The topological polar surface area (TPSA) is 24.5 Å². The summed E-state index contributed by atoms with van der Waals surface area (Å²) in [5.74, 6) is 0. The summed E-state index contributed by atoms with van der Waals surface area (Å²) in [7, 11) is 0. The number of unbranched alkanes of at least 4 members (excludes halogenated alkanes) is 2. The van der Waals surface area contributed by atoms with E-state index in [-0.39, 0.29) is 0 Å². The summed E-state index contributed by atoms with van der Waals surface area (Å²) in [5, 5.41) is 3.53. The second kappa shape index (κ2) is 8.08. The van der Waals surface area contributed by atoms with Gasteiger partial charge >= 0.3 is 0 Å². The molecular formula is C12H26N2O. The lowest BCUT2D eigenvalue weighted by molar-refractivity contribution is 0.0204. The Kier molecular flexibility index (Phi) is 6.98. The number of ether oxygens (including phenoxy) is 1. The lowest BCUT2D eigenvalue weighted by Gasteiger charge is -2.32. The molecule has 1 atom stereocenters. The third-order valence-electron chi connectivity index (χ3n) is 3.07. The van der Waals surface area contributed by atoms with E-state index in [0.29, 0.717) is 6.04 Å². The minimum Gasteiger partial charge on any atom is -0.379 e. The fourth-order valence-electron chi connectivity index (χ4n) is 1.96. The zero-order valence-electron chi connectivity index (χ0n) is 10.3. The number of rotatable bonds is 7. The molecule has 1 aliphatic heterocycles. The van der Waals surface area contributed by atoms with E-state index in [1.807, 2.05) is 0 Å². The van der Waals surface area contributed by atoms with Crippen molar-refractivity contribution in [2.24, 2.45) is 0 Å². The van der Waals surface area contributed by atoms with Crippen LogP contribution in [0.4, 0.5) is 0 Å². The Morgan fingerprint density at radius 3 is 2.67 bits per heavy atom. The van der Waals surface area contributed by atoms with Gasteiger partial charge in [-0.2, -0.15) is 0 Å². The van der Waals surface area contributed by atoms with Crippen molar-refractivity contribution in [3.8, 4) is 0 Å². The van der Waals surface area contributed by atoms with Crippen molar-refractivity contribution in [3.05, 3.63) is 0 Å². The van der Waals surface area contributed by atoms with Gasteiger partial charge in [-0.1, -0.05) is 19.8 Å². The van der Waals surface area contributed by atoms with Crippen molar-refractivity contribution in [1.29, 1.82) is 0 Å². The molecule has 0 amide bonds. The maximum Gasteiger partial charge on any atom is 0.0594 e. The molecule has 0 bridgehead atoms.